The molecule has 1 aromatic heterocycles. The van der Waals surface area contributed by atoms with E-state index in [9.17, 15) is 8.42 Å². The van der Waals surface area contributed by atoms with Gasteiger partial charge in [0.2, 0.25) is 10.0 Å². The summed E-state index contributed by atoms with van der Waals surface area (Å²) in [7, 11) is -3.40. The summed E-state index contributed by atoms with van der Waals surface area (Å²) in [5.41, 5.74) is 1.04. The molecule has 4 nitrogen and oxygen atoms in total. The second-order valence-electron chi connectivity index (χ2n) is 5.72. The predicted octanol–water partition coefficient (Wildman–Crippen LogP) is 4.37. The van der Waals surface area contributed by atoms with Crippen LogP contribution in [0, 0.1) is 0 Å². The normalized spacial score (nSPS) is 17.1. The standard InChI is InChI=1S/C17H19ClN2O2S2/c1-13(15-6-2-3-7-16(15)18)23-17-9-8-14(12-19-17)24(21,22)20-10-4-5-11-20/h2-3,6-9,12-13H,4-5,10-11H2,1H3. The fourth-order valence-corrected chi connectivity index (χ4v) is 5.50. The van der Waals surface area contributed by atoms with Gasteiger partial charge in [0.15, 0.2) is 0 Å². The Balaban J connectivity index is 1.74. The largest absolute Gasteiger partial charge is 0.249 e. The Morgan fingerprint density at radius 2 is 1.88 bits per heavy atom. The van der Waals surface area contributed by atoms with Crippen LogP contribution in [0.1, 0.15) is 30.6 Å². The molecule has 0 aliphatic carbocycles. The quantitative estimate of drug-likeness (QED) is 0.720. The minimum absolute atomic E-state index is 0.132. The number of pyridine rings is 1. The second kappa shape index (κ2) is 7.44. The third-order valence-corrected chi connectivity index (χ3v) is 7.37. The number of rotatable bonds is 5. The lowest BCUT2D eigenvalue weighted by atomic mass is 10.2. The first-order valence-electron chi connectivity index (χ1n) is 7.86. The van der Waals surface area contributed by atoms with Crippen LogP contribution in [0.15, 0.2) is 52.5 Å². The van der Waals surface area contributed by atoms with Crippen LogP contribution in [0.3, 0.4) is 0 Å². The summed E-state index contributed by atoms with van der Waals surface area (Å²) in [5, 5.41) is 1.64. The van der Waals surface area contributed by atoms with Crippen molar-refractivity contribution in [2.24, 2.45) is 0 Å². The maximum Gasteiger partial charge on any atom is 0.244 e. The number of benzene rings is 1. The van der Waals surface area contributed by atoms with E-state index in [2.05, 4.69) is 11.9 Å². The van der Waals surface area contributed by atoms with E-state index >= 15 is 0 Å². The summed E-state index contributed by atoms with van der Waals surface area (Å²) in [5.74, 6) is 0. The molecular weight excluding hydrogens is 364 g/mol. The molecule has 0 amide bonds. The number of sulfonamides is 1. The summed E-state index contributed by atoms with van der Waals surface area (Å²) in [6, 6.07) is 11.1. The van der Waals surface area contributed by atoms with E-state index in [1.54, 1.807) is 23.9 Å². The molecule has 0 saturated carbocycles. The van der Waals surface area contributed by atoms with Gasteiger partial charge in [0.1, 0.15) is 4.90 Å². The first kappa shape index (κ1) is 17.7. The molecule has 2 aromatic rings. The number of hydrogen-bond donors (Lipinski definition) is 0. The van der Waals surface area contributed by atoms with Gasteiger partial charge in [-0.3, -0.25) is 0 Å². The first-order chi connectivity index (χ1) is 11.5. The monoisotopic (exact) mass is 382 g/mol. The third-order valence-electron chi connectivity index (χ3n) is 4.05. The summed E-state index contributed by atoms with van der Waals surface area (Å²) < 4.78 is 26.5. The minimum atomic E-state index is -3.40. The van der Waals surface area contributed by atoms with E-state index in [0.29, 0.717) is 13.1 Å². The number of hydrogen-bond acceptors (Lipinski definition) is 4. The molecular formula is C17H19ClN2O2S2. The number of halogens is 1. The molecule has 0 spiro atoms. The van der Waals surface area contributed by atoms with Crippen LogP contribution in [0.25, 0.3) is 0 Å². The molecule has 3 rings (SSSR count). The smallest absolute Gasteiger partial charge is 0.244 e. The van der Waals surface area contributed by atoms with Crippen LogP contribution >= 0.6 is 23.4 Å². The fraction of sp³-hybridized carbons (Fsp3) is 0.353. The molecule has 1 aliphatic heterocycles. The number of aromatic nitrogens is 1. The Kier molecular flexibility index (Phi) is 5.49. The van der Waals surface area contributed by atoms with Crippen molar-refractivity contribution in [1.29, 1.82) is 0 Å². The Labute approximate surface area is 152 Å². The highest BCUT2D eigenvalue weighted by Crippen LogP contribution is 2.37. The lowest BCUT2D eigenvalue weighted by Gasteiger charge is -2.16. The highest BCUT2D eigenvalue weighted by Gasteiger charge is 2.27. The van der Waals surface area contributed by atoms with Crippen molar-refractivity contribution < 1.29 is 8.42 Å². The first-order valence-corrected chi connectivity index (χ1v) is 10.6. The van der Waals surface area contributed by atoms with E-state index in [4.69, 9.17) is 11.6 Å². The summed E-state index contributed by atoms with van der Waals surface area (Å²) >= 11 is 7.78. The summed E-state index contributed by atoms with van der Waals surface area (Å²) in [4.78, 5) is 4.59. The van der Waals surface area contributed by atoms with E-state index in [-0.39, 0.29) is 10.1 Å². The maximum absolute atomic E-state index is 12.5. The lowest BCUT2D eigenvalue weighted by molar-refractivity contribution is 0.477. The predicted molar refractivity (Wildman–Crippen MR) is 98.0 cm³/mol. The molecule has 0 bridgehead atoms. The van der Waals surface area contributed by atoms with Gasteiger partial charge in [0, 0.05) is 29.6 Å². The van der Waals surface area contributed by atoms with Crippen LogP contribution in [0.5, 0.6) is 0 Å². The highest BCUT2D eigenvalue weighted by molar-refractivity contribution is 7.99. The second-order valence-corrected chi connectivity index (χ2v) is 9.43. The van der Waals surface area contributed by atoms with E-state index in [1.807, 2.05) is 24.3 Å². The number of thioether (sulfide) groups is 1. The Bertz CT molecular complexity index is 804. The Morgan fingerprint density at radius 3 is 2.50 bits per heavy atom. The molecule has 1 aliphatic rings. The summed E-state index contributed by atoms with van der Waals surface area (Å²) in [6.07, 6.45) is 3.31. The zero-order chi connectivity index (χ0) is 17.2. The highest BCUT2D eigenvalue weighted by atomic mass is 35.5. The van der Waals surface area contributed by atoms with Crippen LogP contribution in [0.2, 0.25) is 5.02 Å². The zero-order valence-electron chi connectivity index (χ0n) is 13.4. The molecule has 0 radical (unpaired) electrons. The van der Waals surface area contributed by atoms with Crippen molar-refractivity contribution in [1.82, 2.24) is 9.29 Å². The van der Waals surface area contributed by atoms with E-state index < -0.39 is 10.0 Å². The molecule has 0 N–H and O–H groups in total. The van der Waals surface area contributed by atoms with Crippen molar-refractivity contribution in [3.63, 3.8) is 0 Å². The third kappa shape index (κ3) is 3.77. The van der Waals surface area contributed by atoms with Crippen molar-refractivity contribution in [2.45, 2.75) is 34.9 Å². The SMILES string of the molecule is CC(Sc1ccc(S(=O)(=O)N2CCCC2)cn1)c1ccccc1Cl. The molecule has 1 aromatic carbocycles. The van der Waals surface area contributed by atoms with Crippen molar-refractivity contribution in [3.8, 4) is 0 Å². The Hall–Kier alpha value is -1.08. The van der Waals surface area contributed by atoms with Crippen molar-refractivity contribution in [3.05, 3.63) is 53.2 Å². The molecule has 1 atom stereocenters. The topological polar surface area (TPSA) is 50.3 Å². The van der Waals surface area contributed by atoms with E-state index in [1.165, 1.54) is 10.5 Å². The van der Waals surface area contributed by atoms with Gasteiger partial charge in [-0.25, -0.2) is 13.4 Å². The molecule has 1 unspecified atom stereocenters. The lowest BCUT2D eigenvalue weighted by Crippen LogP contribution is -2.27. The van der Waals surface area contributed by atoms with Gasteiger partial charge < -0.3 is 0 Å². The van der Waals surface area contributed by atoms with Crippen LogP contribution in [-0.2, 0) is 10.0 Å². The average molecular weight is 383 g/mol. The van der Waals surface area contributed by atoms with Gasteiger partial charge in [-0.15, -0.1) is 0 Å². The zero-order valence-corrected chi connectivity index (χ0v) is 15.7. The van der Waals surface area contributed by atoms with Crippen LogP contribution in [0.4, 0.5) is 0 Å². The van der Waals surface area contributed by atoms with Gasteiger partial charge in [-0.05, 0) is 43.5 Å². The van der Waals surface area contributed by atoms with Crippen molar-refractivity contribution in [2.75, 3.05) is 13.1 Å². The average Bonchev–Trinajstić information content (AvgIpc) is 3.11. The molecule has 128 valence electrons. The molecule has 7 heteroatoms. The number of nitrogens with zero attached hydrogens (tertiary/aromatic N) is 2. The van der Waals surface area contributed by atoms with Crippen LogP contribution in [-0.4, -0.2) is 30.8 Å². The minimum Gasteiger partial charge on any atom is -0.249 e. The van der Waals surface area contributed by atoms with Gasteiger partial charge >= 0.3 is 0 Å². The molecule has 1 saturated heterocycles. The van der Waals surface area contributed by atoms with Crippen LogP contribution < -0.4 is 0 Å². The van der Waals surface area contributed by atoms with Crippen molar-refractivity contribution >= 4 is 33.4 Å². The Morgan fingerprint density at radius 1 is 1.17 bits per heavy atom. The maximum atomic E-state index is 12.5. The van der Waals surface area contributed by atoms with Gasteiger partial charge in [-0.1, -0.05) is 41.6 Å². The van der Waals surface area contributed by atoms with Gasteiger partial charge in [0.05, 0.1) is 5.03 Å². The van der Waals surface area contributed by atoms with E-state index in [0.717, 1.165) is 28.5 Å². The van der Waals surface area contributed by atoms with Gasteiger partial charge in [0.25, 0.3) is 0 Å². The summed E-state index contributed by atoms with van der Waals surface area (Å²) in [6.45, 7) is 3.26. The molecule has 1 fully saturated rings. The van der Waals surface area contributed by atoms with Gasteiger partial charge in [-0.2, -0.15) is 4.31 Å². The fourth-order valence-electron chi connectivity index (χ4n) is 2.72. The molecule has 24 heavy (non-hydrogen) atoms. The molecule has 2 heterocycles.